The number of nitrogens with one attached hydrogen (secondary N) is 1. The van der Waals surface area contributed by atoms with E-state index in [9.17, 15) is 13.2 Å². The molecule has 1 nitrogen and oxygen atoms in total. The minimum atomic E-state index is -4.16. The fourth-order valence-corrected chi connectivity index (χ4v) is 1.75. The van der Waals surface area contributed by atoms with Crippen LogP contribution in [0.25, 0.3) is 0 Å². The molecular weight excluding hydrogens is 191 g/mol. The van der Waals surface area contributed by atoms with Crippen LogP contribution >= 0.6 is 0 Å². The van der Waals surface area contributed by atoms with Gasteiger partial charge in [0.25, 0.3) is 0 Å². The molecule has 4 heteroatoms. The molecule has 0 saturated heterocycles. The number of halogens is 3. The maximum absolute atomic E-state index is 12.4. The standard InChI is InChI=1S/C10H10F3N/c1-6-3-2-4-7-5-8(10(11,12)13)14-9(6)7/h2-4,8,14H,5H2,1H3. The number of rotatable bonds is 0. The molecule has 1 aliphatic rings. The molecule has 14 heavy (non-hydrogen) atoms. The lowest BCUT2D eigenvalue weighted by molar-refractivity contribution is -0.140. The monoisotopic (exact) mass is 201 g/mol. The van der Waals surface area contributed by atoms with Crippen LogP contribution in [0.2, 0.25) is 0 Å². The SMILES string of the molecule is Cc1cccc2c1NC(C(F)(F)F)C2. The van der Waals surface area contributed by atoms with Crippen LogP contribution in [-0.4, -0.2) is 12.2 Å². The van der Waals surface area contributed by atoms with Crippen LogP contribution in [0, 0.1) is 6.92 Å². The van der Waals surface area contributed by atoms with E-state index in [-0.39, 0.29) is 6.42 Å². The van der Waals surface area contributed by atoms with Gasteiger partial charge in [0, 0.05) is 12.1 Å². The Morgan fingerprint density at radius 3 is 2.64 bits per heavy atom. The summed E-state index contributed by atoms with van der Waals surface area (Å²) in [5, 5.41) is 2.52. The van der Waals surface area contributed by atoms with Gasteiger partial charge in [-0.1, -0.05) is 18.2 Å². The van der Waals surface area contributed by atoms with Crippen LogP contribution in [0.15, 0.2) is 18.2 Å². The van der Waals surface area contributed by atoms with Crippen LogP contribution in [0.3, 0.4) is 0 Å². The number of hydrogen-bond donors (Lipinski definition) is 1. The summed E-state index contributed by atoms with van der Waals surface area (Å²) in [6, 6.07) is 3.92. The Kier molecular flexibility index (Phi) is 1.94. The van der Waals surface area contributed by atoms with Gasteiger partial charge in [-0.3, -0.25) is 0 Å². The highest BCUT2D eigenvalue weighted by molar-refractivity contribution is 5.62. The first-order chi connectivity index (χ1) is 6.48. The minimum Gasteiger partial charge on any atom is -0.373 e. The Balaban J connectivity index is 2.31. The highest BCUT2D eigenvalue weighted by Crippen LogP contribution is 2.35. The minimum absolute atomic E-state index is 0.0422. The second-order valence-corrected chi connectivity index (χ2v) is 3.55. The molecule has 0 radical (unpaired) electrons. The van der Waals surface area contributed by atoms with Crippen molar-refractivity contribution in [1.29, 1.82) is 0 Å². The summed E-state index contributed by atoms with van der Waals surface area (Å²) in [4.78, 5) is 0. The second kappa shape index (κ2) is 2.90. The van der Waals surface area contributed by atoms with Crippen molar-refractivity contribution in [3.05, 3.63) is 29.3 Å². The summed E-state index contributed by atoms with van der Waals surface area (Å²) in [7, 11) is 0. The zero-order valence-corrected chi connectivity index (χ0v) is 7.65. The quantitative estimate of drug-likeness (QED) is 0.680. The Morgan fingerprint density at radius 2 is 2.07 bits per heavy atom. The smallest absolute Gasteiger partial charge is 0.373 e. The molecule has 0 saturated carbocycles. The zero-order chi connectivity index (χ0) is 10.3. The number of anilines is 1. The molecular formula is C10H10F3N. The molecule has 1 aromatic rings. The van der Waals surface area contributed by atoms with Gasteiger partial charge in [-0.05, 0) is 18.1 Å². The van der Waals surface area contributed by atoms with Crippen molar-refractivity contribution in [3.8, 4) is 0 Å². The first-order valence-corrected chi connectivity index (χ1v) is 4.40. The summed E-state index contributed by atoms with van der Waals surface area (Å²) < 4.78 is 37.2. The maximum Gasteiger partial charge on any atom is 0.408 e. The highest BCUT2D eigenvalue weighted by atomic mass is 19.4. The molecule has 76 valence electrons. The molecule has 1 heterocycles. The number of fused-ring (bicyclic) bond motifs is 1. The van der Waals surface area contributed by atoms with E-state index in [1.807, 2.05) is 13.0 Å². The van der Waals surface area contributed by atoms with Crippen LogP contribution in [-0.2, 0) is 6.42 Å². The molecule has 1 N–H and O–H groups in total. The van der Waals surface area contributed by atoms with Crippen LogP contribution < -0.4 is 5.32 Å². The van der Waals surface area contributed by atoms with Crippen molar-refractivity contribution >= 4 is 5.69 Å². The number of hydrogen-bond acceptors (Lipinski definition) is 1. The average molecular weight is 201 g/mol. The molecule has 0 aliphatic carbocycles. The van der Waals surface area contributed by atoms with Crippen molar-refractivity contribution < 1.29 is 13.2 Å². The summed E-state index contributed by atoms with van der Waals surface area (Å²) in [6.45, 7) is 1.81. The Morgan fingerprint density at radius 1 is 1.36 bits per heavy atom. The van der Waals surface area contributed by atoms with E-state index in [1.165, 1.54) is 0 Å². The lowest BCUT2D eigenvalue weighted by atomic mass is 10.1. The van der Waals surface area contributed by atoms with Crippen molar-refractivity contribution in [1.82, 2.24) is 0 Å². The molecule has 1 aliphatic heterocycles. The Bertz CT molecular complexity index is 357. The Hall–Kier alpha value is -1.19. The third-order valence-corrected chi connectivity index (χ3v) is 2.50. The van der Waals surface area contributed by atoms with Crippen molar-refractivity contribution in [2.45, 2.75) is 25.6 Å². The number of para-hydroxylation sites is 1. The first-order valence-electron chi connectivity index (χ1n) is 4.40. The lowest BCUT2D eigenvalue weighted by Crippen LogP contribution is -2.34. The van der Waals surface area contributed by atoms with Crippen molar-refractivity contribution in [2.24, 2.45) is 0 Å². The molecule has 0 spiro atoms. The fourth-order valence-electron chi connectivity index (χ4n) is 1.75. The molecule has 1 atom stereocenters. The predicted molar refractivity (Wildman–Crippen MR) is 48.3 cm³/mol. The van der Waals surface area contributed by atoms with E-state index < -0.39 is 12.2 Å². The highest BCUT2D eigenvalue weighted by Gasteiger charge is 2.43. The summed E-state index contributed by atoms with van der Waals surface area (Å²) in [5.41, 5.74) is 2.27. The zero-order valence-electron chi connectivity index (χ0n) is 7.65. The van der Waals surface area contributed by atoms with E-state index in [1.54, 1.807) is 12.1 Å². The summed E-state index contributed by atoms with van der Waals surface area (Å²) >= 11 is 0. The third kappa shape index (κ3) is 1.45. The van der Waals surface area contributed by atoms with Gasteiger partial charge < -0.3 is 5.32 Å². The third-order valence-electron chi connectivity index (χ3n) is 2.50. The summed E-state index contributed by atoms with van der Waals surface area (Å²) in [5.74, 6) is 0. The van der Waals surface area contributed by atoms with Gasteiger partial charge in [-0.15, -0.1) is 0 Å². The van der Waals surface area contributed by atoms with Gasteiger partial charge in [-0.2, -0.15) is 13.2 Å². The molecule has 0 amide bonds. The van der Waals surface area contributed by atoms with Gasteiger partial charge in [0.1, 0.15) is 6.04 Å². The van der Waals surface area contributed by atoms with Crippen LogP contribution in [0.5, 0.6) is 0 Å². The molecule has 0 aromatic heterocycles. The van der Waals surface area contributed by atoms with E-state index in [4.69, 9.17) is 0 Å². The van der Waals surface area contributed by atoms with Crippen LogP contribution in [0.1, 0.15) is 11.1 Å². The number of aryl methyl sites for hydroxylation is 1. The maximum atomic E-state index is 12.4. The summed E-state index contributed by atoms with van der Waals surface area (Å²) in [6.07, 6.45) is -4.12. The van der Waals surface area contributed by atoms with Gasteiger partial charge in [0.05, 0.1) is 0 Å². The molecule has 2 rings (SSSR count). The van der Waals surface area contributed by atoms with Gasteiger partial charge >= 0.3 is 6.18 Å². The lowest BCUT2D eigenvalue weighted by Gasteiger charge is -2.15. The molecule has 1 aromatic carbocycles. The molecule has 1 unspecified atom stereocenters. The van der Waals surface area contributed by atoms with E-state index in [2.05, 4.69) is 5.32 Å². The van der Waals surface area contributed by atoms with Crippen molar-refractivity contribution in [3.63, 3.8) is 0 Å². The topological polar surface area (TPSA) is 12.0 Å². The largest absolute Gasteiger partial charge is 0.408 e. The van der Waals surface area contributed by atoms with Gasteiger partial charge in [0.2, 0.25) is 0 Å². The van der Waals surface area contributed by atoms with E-state index in [0.717, 1.165) is 11.1 Å². The Labute approximate surface area is 79.9 Å². The normalized spacial score (nSPS) is 20.4. The van der Waals surface area contributed by atoms with E-state index in [0.29, 0.717) is 5.69 Å². The average Bonchev–Trinajstić information content (AvgIpc) is 2.48. The van der Waals surface area contributed by atoms with Gasteiger partial charge in [-0.25, -0.2) is 0 Å². The first kappa shape index (κ1) is 9.37. The predicted octanol–water partition coefficient (Wildman–Crippen LogP) is 2.89. The number of alkyl halides is 3. The van der Waals surface area contributed by atoms with E-state index >= 15 is 0 Å². The van der Waals surface area contributed by atoms with Gasteiger partial charge in [0.15, 0.2) is 0 Å². The molecule has 0 fully saturated rings. The second-order valence-electron chi connectivity index (χ2n) is 3.55. The number of benzene rings is 1. The van der Waals surface area contributed by atoms with Crippen LogP contribution in [0.4, 0.5) is 18.9 Å². The fraction of sp³-hybridized carbons (Fsp3) is 0.400. The van der Waals surface area contributed by atoms with Crippen molar-refractivity contribution in [2.75, 3.05) is 5.32 Å². The molecule has 0 bridgehead atoms.